The van der Waals surface area contributed by atoms with E-state index in [2.05, 4.69) is 9.39 Å². The van der Waals surface area contributed by atoms with Gasteiger partial charge in [0.2, 0.25) is 0 Å². The Morgan fingerprint density at radius 1 is 1.08 bits per heavy atom. The van der Waals surface area contributed by atoms with Gasteiger partial charge in [-0.25, -0.2) is 4.99 Å². The molecule has 1 aromatic rings. The van der Waals surface area contributed by atoms with Crippen molar-refractivity contribution in [3.05, 3.63) is 53.6 Å². The van der Waals surface area contributed by atoms with Crippen LogP contribution < -0.4 is 0 Å². The summed E-state index contributed by atoms with van der Waals surface area (Å²) in [6, 6.07) is 8.00. The second-order valence-corrected chi connectivity index (χ2v) is 7.47. The molecule has 126 valence electrons. The first-order chi connectivity index (χ1) is 11.2. The second-order valence-electron chi connectivity index (χ2n) is 5.87. The molecule has 5 nitrogen and oxygen atoms in total. The van der Waals surface area contributed by atoms with Crippen LogP contribution in [0, 0.1) is 5.92 Å². The Kier molecular flexibility index (Phi) is 5.29. The first kappa shape index (κ1) is 18.0. The number of aliphatic imine (C=N–C) groups is 1. The summed E-state index contributed by atoms with van der Waals surface area (Å²) >= 11 is 0. The van der Waals surface area contributed by atoms with Crippen molar-refractivity contribution in [1.82, 2.24) is 0 Å². The third kappa shape index (κ3) is 4.14. The molecule has 0 N–H and O–H groups in total. The maximum absolute atomic E-state index is 12.3. The standard InChI is InChI=1S/C18H20N2O3S/c1-12(2)16-11-18(21)13(3)10-17(16)19-14(4)20-24(22,23)15-8-6-5-7-9-15/h5-12H,1-4H3/b19-17?,20-14-. The number of sulfonamides is 1. The van der Waals surface area contributed by atoms with E-state index in [4.69, 9.17) is 0 Å². The number of nitrogens with zero attached hydrogens (tertiary/aromatic N) is 2. The van der Waals surface area contributed by atoms with Crippen molar-refractivity contribution in [2.24, 2.45) is 15.3 Å². The molecule has 0 heterocycles. The molecule has 1 aliphatic rings. The number of carbonyl (C=O) groups is 1. The van der Waals surface area contributed by atoms with E-state index >= 15 is 0 Å². The van der Waals surface area contributed by atoms with Gasteiger partial charge in [0.25, 0.3) is 10.0 Å². The van der Waals surface area contributed by atoms with E-state index in [1.54, 1.807) is 37.3 Å². The van der Waals surface area contributed by atoms with E-state index in [1.807, 2.05) is 13.8 Å². The van der Waals surface area contributed by atoms with Crippen molar-refractivity contribution < 1.29 is 13.2 Å². The van der Waals surface area contributed by atoms with Gasteiger partial charge in [-0.3, -0.25) is 4.79 Å². The average Bonchev–Trinajstić information content (AvgIpc) is 2.50. The van der Waals surface area contributed by atoms with Crippen LogP contribution in [-0.2, 0) is 14.8 Å². The number of hydrogen-bond donors (Lipinski definition) is 0. The van der Waals surface area contributed by atoms with E-state index < -0.39 is 10.0 Å². The van der Waals surface area contributed by atoms with E-state index in [1.165, 1.54) is 19.1 Å². The van der Waals surface area contributed by atoms with Gasteiger partial charge in [-0.15, -0.1) is 4.40 Å². The maximum atomic E-state index is 12.3. The van der Waals surface area contributed by atoms with Crippen LogP contribution in [0.25, 0.3) is 0 Å². The zero-order valence-electron chi connectivity index (χ0n) is 14.1. The van der Waals surface area contributed by atoms with Crippen LogP contribution in [0.3, 0.4) is 0 Å². The second kappa shape index (κ2) is 7.05. The molecule has 2 rings (SSSR count). The highest BCUT2D eigenvalue weighted by Crippen LogP contribution is 2.20. The van der Waals surface area contributed by atoms with Crippen LogP contribution in [0.2, 0.25) is 0 Å². The SMILES string of the molecule is CC1=CC(=N/C(C)=N\S(=O)(=O)c2ccccc2)C(C(C)C)=CC1=O. The Morgan fingerprint density at radius 2 is 1.71 bits per heavy atom. The minimum absolute atomic E-state index is 0.0517. The first-order valence-electron chi connectivity index (χ1n) is 7.60. The summed E-state index contributed by atoms with van der Waals surface area (Å²) in [5.74, 6) is 0.165. The summed E-state index contributed by atoms with van der Waals surface area (Å²) in [6.07, 6.45) is 3.23. The minimum Gasteiger partial charge on any atom is -0.290 e. The molecule has 24 heavy (non-hydrogen) atoms. The highest BCUT2D eigenvalue weighted by atomic mass is 32.2. The van der Waals surface area contributed by atoms with Crippen molar-refractivity contribution in [3.63, 3.8) is 0 Å². The molecule has 0 saturated carbocycles. The lowest BCUT2D eigenvalue weighted by Crippen LogP contribution is -2.17. The van der Waals surface area contributed by atoms with Crippen LogP contribution >= 0.6 is 0 Å². The Hall–Kier alpha value is -2.34. The third-order valence-electron chi connectivity index (χ3n) is 3.52. The van der Waals surface area contributed by atoms with Gasteiger partial charge in [-0.2, -0.15) is 8.42 Å². The number of hydrogen-bond acceptors (Lipinski definition) is 3. The Balaban J connectivity index is 2.42. The van der Waals surface area contributed by atoms with Crippen molar-refractivity contribution in [2.75, 3.05) is 0 Å². The molecule has 0 spiro atoms. The van der Waals surface area contributed by atoms with Gasteiger partial charge in [-0.05, 0) is 55.2 Å². The molecule has 1 aromatic carbocycles. The molecule has 0 fully saturated rings. The summed E-state index contributed by atoms with van der Waals surface area (Å²) < 4.78 is 28.3. The van der Waals surface area contributed by atoms with Gasteiger partial charge >= 0.3 is 0 Å². The fourth-order valence-electron chi connectivity index (χ4n) is 2.26. The first-order valence-corrected chi connectivity index (χ1v) is 9.04. The summed E-state index contributed by atoms with van der Waals surface area (Å²) in [4.78, 5) is 16.3. The molecular formula is C18H20N2O3S. The van der Waals surface area contributed by atoms with Crippen LogP contribution in [0.1, 0.15) is 27.7 Å². The van der Waals surface area contributed by atoms with Crippen LogP contribution in [-0.4, -0.2) is 25.7 Å². The van der Waals surface area contributed by atoms with Crippen molar-refractivity contribution >= 4 is 27.4 Å². The fourth-order valence-corrected chi connectivity index (χ4v) is 3.26. The number of benzene rings is 1. The smallest absolute Gasteiger partial charge is 0.283 e. The van der Waals surface area contributed by atoms with Crippen molar-refractivity contribution in [2.45, 2.75) is 32.6 Å². The fraction of sp³-hybridized carbons (Fsp3) is 0.278. The number of amidine groups is 1. The molecule has 1 aliphatic carbocycles. The molecule has 0 radical (unpaired) electrons. The third-order valence-corrected chi connectivity index (χ3v) is 4.89. The van der Waals surface area contributed by atoms with E-state index in [0.717, 1.165) is 5.57 Å². The van der Waals surface area contributed by atoms with Gasteiger partial charge in [0, 0.05) is 0 Å². The number of carbonyl (C=O) groups excluding carboxylic acids is 1. The molecule has 0 atom stereocenters. The highest BCUT2D eigenvalue weighted by molar-refractivity contribution is 7.90. The normalized spacial score (nSPS) is 18.0. The van der Waals surface area contributed by atoms with Gasteiger partial charge in [0.15, 0.2) is 5.78 Å². The van der Waals surface area contributed by atoms with Crippen LogP contribution in [0.5, 0.6) is 0 Å². The zero-order chi connectivity index (χ0) is 17.9. The molecule has 0 amide bonds. The van der Waals surface area contributed by atoms with E-state index in [-0.39, 0.29) is 22.4 Å². The average molecular weight is 344 g/mol. The lowest BCUT2D eigenvalue weighted by molar-refractivity contribution is -0.111. The summed E-state index contributed by atoms with van der Waals surface area (Å²) in [5.41, 5.74) is 1.92. The monoisotopic (exact) mass is 344 g/mol. The molecule has 6 heteroatoms. The van der Waals surface area contributed by atoms with Crippen LogP contribution in [0.15, 0.2) is 67.9 Å². The summed E-state index contributed by atoms with van der Waals surface area (Å²) in [6.45, 7) is 7.15. The van der Waals surface area contributed by atoms with Gasteiger partial charge in [0.05, 0.1) is 10.6 Å². The molecule has 0 bridgehead atoms. The predicted molar refractivity (Wildman–Crippen MR) is 95.9 cm³/mol. The number of ketones is 1. The van der Waals surface area contributed by atoms with Crippen molar-refractivity contribution in [3.8, 4) is 0 Å². The van der Waals surface area contributed by atoms with Gasteiger partial charge < -0.3 is 0 Å². The lowest BCUT2D eigenvalue weighted by atomic mass is 9.90. The quantitative estimate of drug-likeness (QED) is 0.479. The van der Waals surface area contributed by atoms with Gasteiger partial charge in [0.1, 0.15) is 5.84 Å². The molecule has 0 unspecified atom stereocenters. The molecular weight excluding hydrogens is 324 g/mol. The predicted octanol–water partition coefficient (Wildman–Crippen LogP) is 3.35. The zero-order valence-corrected chi connectivity index (χ0v) is 15.0. The topological polar surface area (TPSA) is 75.9 Å². The highest BCUT2D eigenvalue weighted by Gasteiger charge is 2.19. The van der Waals surface area contributed by atoms with Crippen LogP contribution in [0.4, 0.5) is 0 Å². The summed E-state index contributed by atoms with van der Waals surface area (Å²) in [5, 5.41) is 0. The van der Waals surface area contributed by atoms with E-state index in [0.29, 0.717) is 11.3 Å². The Labute approximate surface area is 142 Å². The van der Waals surface area contributed by atoms with Gasteiger partial charge in [-0.1, -0.05) is 32.0 Å². The largest absolute Gasteiger partial charge is 0.290 e. The number of allylic oxidation sites excluding steroid dienone is 4. The molecule has 0 saturated heterocycles. The maximum Gasteiger partial charge on any atom is 0.283 e. The van der Waals surface area contributed by atoms with Crippen molar-refractivity contribution in [1.29, 1.82) is 0 Å². The summed E-state index contributed by atoms with van der Waals surface area (Å²) in [7, 11) is -3.80. The minimum atomic E-state index is -3.80. The Morgan fingerprint density at radius 3 is 2.29 bits per heavy atom. The lowest BCUT2D eigenvalue weighted by Gasteiger charge is -2.16. The number of rotatable bonds is 3. The molecule has 0 aromatic heterocycles. The van der Waals surface area contributed by atoms with E-state index in [9.17, 15) is 13.2 Å². The molecule has 0 aliphatic heterocycles. The Bertz CT molecular complexity index is 874.